The van der Waals surface area contributed by atoms with E-state index in [1.807, 2.05) is 29.2 Å². The molecular weight excluding hydrogens is 326 g/mol. The van der Waals surface area contributed by atoms with Crippen molar-refractivity contribution in [2.24, 2.45) is 0 Å². The molecule has 1 atom stereocenters. The normalized spacial score (nSPS) is 17.8. The first-order valence-electron chi connectivity index (χ1n) is 7.99. The molecule has 0 aliphatic carbocycles. The summed E-state index contributed by atoms with van der Waals surface area (Å²) in [6, 6.07) is 12.5. The van der Waals surface area contributed by atoms with Gasteiger partial charge < -0.3 is 14.7 Å². The van der Waals surface area contributed by atoms with Crippen molar-refractivity contribution in [3.63, 3.8) is 0 Å². The zero-order valence-corrected chi connectivity index (χ0v) is 14.3. The van der Waals surface area contributed by atoms with Crippen molar-refractivity contribution in [2.75, 3.05) is 20.2 Å². The maximum atomic E-state index is 12.6. The lowest BCUT2D eigenvalue weighted by atomic mass is 10.0. The summed E-state index contributed by atoms with van der Waals surface area (Å²) >= 11 is 5.95. The number of hydrogen-bond donors (Lipinski definition) is 1. The van der Waals surface area contributed by atoms with Crippen molar-refractivity contribution in [2.45, 2.75) is 18.9 Å². The molecule has 2 aromatic rings. The lowest BCUT2D eigenvalue weighted by Crippen LogP contribution is -2.42. The molecule has 1 aliphatic heterocycles. The fourth-order valence-electron chi connectivity index (χ4n) is 2.99. The summed E-state index contributed by atoms with van der Waals surface area (Å²) in [5.41, 5.74) is 2.51. The van der Waals surface area contributed by atoms with E-state index in [4.69, 9.17) is 16.3 Å². The van der Waals surface area contributed by atoms with Gasteiger partial charge in [0.25, 0.3) is 5.91 Å². The number of hydrogen-bond acceptors (Lipinski definition) is 3. The maximum absolute atomic E-state index is 12.6. The third-order valence-corrected chi connectivity index (χ3v) is 4.71. The van der Waals surface area contributed by atoms with Crippen LogP contribution in [0.25, 0.3) is 11.1 Å². The van der Waals surface area contributed by atoms with E-state index in [1.54, 1.807) is 25.3 Å². The molecule has 1 saturated heterocycles. The van der Waals surface area contributed by atoms with Crippen LogP contribution in [0, 0.1) is 0 Å². The van der Waals surface area contributed by atoms with Gasteiger partial charge >= 0.3 is 0 Å². The van der Waals surface area contributed by atoms with Gasteiger partial charge in [-0.2, -0.15) is 0 Å². The highest BCUT2D eigenvalue weighted by atomic mass is 35.5. The number of amides is 1. The molecule has 0 bridgehead atoms. The van der Waals surface area contributed by atoms with Gasteiger partial charge in [0.1, 0.15) is 5.75 Å². The second-order valence-corrected chi connectivity index (χ2v) is 6.40. The molecule has 2 aromatic carbocycles. The van der Waals surface area contributed by atoms with Gasteiger partial charge in [0.05, 0.1) is 11.1 Å². The molecule has 24 heavy (non-hydrogen) atoms. The van der Waals surface area contributed by atoms with E-state index in [0.29, 0.717) is 17.1 Å². The molecule has 1 N–H and O–H groups in total. The zero-order valence-electron chi connectivity index (χ0n) is 13.5. The topological polar surface area (TPSA) is 49.8 Å². The molecule has 1 aliphatic rings. The second kappa shape index (κ2) is 7.24. The summed E-state index contributed by atoms with van der Waals surface area (Å²) in [5, 5.41) is 9.81. The summed E-state index contributed by atoms with van der Waals surface area (Å²) in [4.78, 5) is 14.5. The van der Waals surface area contributed by atoms with Crippen LogP contribution in [0.2, 0.25) is 5.02 Å². The van der Waals surface area contributed by atoms with E-state index in [0.717, 1.165) is 30.5 Å². The molecular formula is C19H20ClNO3. The molecule has 4 nitrogen and oxygen atoms in total. The van der Waals surface area contributed by atoms with Crippen molar-refractivity contribution >= 4 is 17.5 Å². The fraction of sp³-hybridized carbons (Fsp3) is 0.316. The summed E-state index contributed by atoms with van der Waals surface area (Å²) < 4.78 is 5.38. The van der Waals surface area contributed by atoms with Crippen LogP contribution >= 0.6 is 11.6 Å². The lowest BCUT2D eigenvalue weighted by Gasteiger charge is -2.32. The molecule has 5 heteroatoms. The molecule has 1 fully saturated rings. The first-order chi connectivity index (χ1) is 11.6. The lowest BCUT2D eigenvalue weighted by molar-refractivity contribution is 0.0269. The van der Waals surface area contributed by atoms with Crippen molar-refractivity contribution in [3.05, 3.63) is 53.1 Å². The number of carbonyl (C=O) groups is 1. The quantitative estimate of drug-likeness (QED) is 0.915. The van der Waals surface area contributed by atoms with Crippen molar-refractivity contribution in [1.82, 2.24) is 4.90 Å². The van der Waals surface area contributed by atoms with Crippen LogP contribution in [-0.2, 0) is 4.74 Å². The smallest absolute Gasteiger partial charge is 0.253 e. The van der Waals surface area contributed by atoms with E-state index in [-0.39, 0.29) is 17.8 Å². The Bertz CT molecular complexity index is 730. The third kappa shape index (κ3) is 3.55. The monoisotopic (exact) mass is 345 g/mol. The fourth-order valence-corrected chi connectivity index (χ4v) is 3.17. The number of benzene rings is 2. The second-order valence-electron chi connectivity index (χ2n) is 5.99. The number of piperidine rings is 1. The van der Waals surface area contributed by atoms with E-state index < -0.39 is 0 Å². The van der Waals surface area contributed by atoms with Crippen molar-refractivity contribution in [3.8, 4) is 16.9 Å². The number of likely N-dealkylation sites (tertiary alicyclic amines) is 1. The molecule has 0 radical (unpaired) electrons. The molecule has 126 valence electrons. The minimum absolute atomic E-state index is 0.0343. The predicted octanol–water partition coefficient (Wildman–Crippen LogP) is 3.96. The Kier molecular flexibility index (Phi) is 5.07. The SMILES string of the molecule is CO[C@@H]1CCCN(C(=O)c2ccc(-c3ccc(O)c(Cl)c3)cc2)C1. The number of methoxy groups -OCH3 is 1. The van der Waals surface area contributed by atoms with Gasteiger partial charge in [-0.15, -0.1) is 0 Å². The first-order valence-corrected chi connectivity index (χ1v) is 8.37. The molecule has 0 unspecified atom stereocenters. The summed E-state index contributed by atoms with van der Waals surface area (Å²) in [6.45, 7) is 1.42. The van der Waals surface area contributed by atoms with E-state index in [9.17, 15) is 9.90 Å². The number of nitrogens with zero attached hydrogens (tertiary/aromatic N) is 1. The summed E-state index contributed by atoms with van der Waals surface area (Å²) in [7, 11) is 1.69. The highest BCUT2D eigenvalue weighted by Gasteiger charge is 2.24. The molecule has 1 amide bonds. The third-order valence-electron chi connectivity index (χ3n) is 4.41. The van der Waals surface area contributed by atoms with Crippen LogP contribution in [-0.4, -0.2) is 42.2 Å². The van der Waals surface area contributed by atoms with E-state index in [1.165, 1.54) is 0 Å². The minimum atomic E-state index is 0.0343. The van der Waals surface area contributed by atoms with Gasteiger partial charge in [-0.05, 0) is 48.2 Å². The number of phenols is 1. The van der Waals surface area contributed by atoms with Gasteiger partial charge in [-0.3, -0.25) is 4.79 Å². The number of phenolic OH excluding ortho intramolecular Hbond substituents is 1. The van der Waals surface area contributed by atoms with Gasteiger partial charge in [-0.1, -0.05) is 29.8 Å². The van der Waals surface area contributed by atoms with Crippen molar-refractivity contribution in [1.29, 1.82) is 0 Å². The van der Waals surface area contributed by atoms with Gasteiger partial charge in [0.2, 0.25) is 0 Å². The van der Waals surface area contributed by atoms with Gasteiger partial charge in [0, 0.05) is 25.8 Å². The average Bonchev–Trinajstić information content (AvgIpc) is 2.63. The maximum Gasteiger partial charge on any atom is 0.253 e. The van der Waals surface area contributed by atoms with Crippen LogP contribution < -0.4 is 0 Å². The largest absolute Gasteiger partial charge is 0.506 e. The minimum Gasteiger partial charge on any atom is -0.506 e. The Labute approximate surface area is 146 Å². The highest BCUT2D eigenvalue weighted by molar-refractivity contribution is 6.32. The summed E-state index contributed by atoms with van der Waals surface area (Å²) in [5.74, 6) is 0.0945. The highest BCUT2D eigenvalue weighted by Crippen LogP contribution is 2.29. The first kappa shape index (κ1) is 16.8. The van der Waals surface area contributed by atoms with Crippen LogP contribution in [0.5, 0.6) is 5.75 Å². The molecule has 0 aromatic heterocycles. The number of ether oxygens (including phenoxy) is 1. The number of rotatable bonds is 3. The Balaban J connectivity index is 1.76. The predicted molar refractivity (Wildman–Crippen MR) is 94.5 cm³/mol. The Morgan fingerprint density at radius 2 is 1.92 bits per heavy atom. The standard InChI is InChI=1S/C19H20ClNO3/c1-24-16-3-2-10-21(12-16)19(23)14-6-4-13(5-7-14)15-8-9-18(22)17(20)11-15/h4-9,11,16,22H,2-3,10,12H2,1H3/t16-/m1/s1. The molecule has 0 spiro atoms. The zero-order chi connectivity index (χ0) is 17.1. The van der Waals surface area contributed by atoms with Crippen LogP contribution in [0.15, 0.2) is 42.5 Å². The average molecular weight is 346 g/mol. The van der Waals surface area contributed by atoms with E-state index in [2.05, 4.69) is 0 Å². The Morgan fingerprint density at radius 1 is 1.21 bits per heavy atom. The summed E-state index contributed by atoms with van der Waals surface area (Å²) in [6.07, 6.45) is 2.09. The Morgan fingerprint density at radius 3 is 2.58 bits per heavy atom. The Hall–Kier alpha value is -2.04. The van der Waals surface area contributed by atoms with Crippen LogP contribution in [0.3, 0.4) is 0 Å². The number of aromatic hydroxyl groups is 1. The molecule has 0 saturated carbocycles. The van der Waals surface area contributed by atoms with Crippen molar-refractivity contribution < 1.29 is 14.6 Å². The molecule has 3 rings (SSSR count). The van der Waals surface area contributed by atoms with E-state index >= 15 is 0 Å². The van der Waals surface area contributed by atoms with Gasteiger partial charge in [0.15, 0.2) is 0 Å². The van der Waals surface area contributed by atoms with Gasteiger partial charge in [-0.25, -0.2) is 0 Å². The number of carbonyl (C=O) groups excluding carboxylic acids is 1. The number of halogens is 1. The molecule has 1 heterocycles. The van der Waals surface area contributed by atoms with Crippen LogP contribution in [0.4, 0.5) is 0 Å². The van der Waals surface area contributed by atoms with Crippen LogP contribution in [0.1, 0.15) is 23.2 Å².